The van der Waals surface area contributed by atoms with E-state index in [9.17, 15) is 9.59 Å². The maximum atomic E-state index is 12.2. The van der Waals surface area contributed by atoms with E-state index in [1.807, 2.05) is 13.8 Å². The maximum absolute atomic E-state index is 12.2. The highest BCUT2D eigenvalue weighted by Crippen LogP contribution is 2.18. The standard InChI is InChI=1S/C19H34O4/c1-5-8-9-10-11-12-13-17(19(21)23-15-7-3)16(4)18(20)22-14-6-2/h5-15H2,1-4H3/b17-16-. The fourth-order valence-electron chi connectivity index (χ4n) is 2.23. The van der Waals surface area contributed by atoms with E-state index < -0.39 is 5.97 Å². The summed E-state index contributed by atoms with van der Waals surface area (Å²) in [6, 6.07) is 0. The summed E-state index contributed by atoms with van der Waals surface area (Å²) in [4.78, 5) is 24.2. The molecule has 4 heteroatoms. The Morgan fingerprint density at radius 2 is 1.22 bits per heavy atom. The Kier molecular flexibility index (Phi) is 13.5. The Bertz CT molecular complexity index is 372. The molecule has 0 radical (unpaired) electrons. The van der Waals surface area contributed by atoms with Gasteiger partial charge in [0.1, 0.15) is 0 Å². The van der Waals surface area contributed by atoms with Gasteiger partial charge in [-0.3, -0.25) is 0 Å². The number of unbranched alkanes of at least 4 members (excludes halogenated alkanes) is 5. The van der Waals surface area contributed by atoms with Crippen molar-refractivity contribution in [2.24, 2.45) is 0 Å². The molecule has 0 N–H and O–H groups in total. The smallest absolute Gasteiger partial charge is 0.334 e. The summed E-state index contributed by atoms with van der Waals surface area (Å²) < 4.78 is 10.4. The van der Waals surface area contributed by atoms with Crippen LogP contribution in [-0.2, 0) is 19.1 Å². The molecule has 0 spiro atoms. The van der Waals surface area contributed by atoms with E-state index in [1.54, 1.807) is 6.92 Å². The van der Waals surface area contributed by atoms with Crippen LogP contribution in [0.3, 0.4) is 0 Å². The summed E-state index contributed by atoms with van der Waals surface area (Å²) in [6.45, 7) is 8.51. The van der Waals surface area contributed by atoms with Gasteiger partial charge in [0.15, 0.2) is 0 Å². The van der Waals surface area contributed by atoms with Crippen molar-refractivity contribution >= 4 is 11.9 Å². The Morgan fingerprint density at radius 1 is 0.696 bits per heavy atom. The highest BCUT2D eigenvalue weighted by molar-refractivity contribution is 5.99. The molecule has 0 bridgehead atoms. The number of hydrogen-bond acceptors (Lipinski definition) is 4. The van der Waals surface area contributed by atoms with Gasteiger partial charge in [-0.2, -0.15) is 0 Å². The number of hydrogen-bond donors (Lipinski definition) is 0. The van der Waals surface area contributed by atoms with E-state index in [1.165, 1.54) is 25.7 Å². The summed E-state index contributed by atoms with van der Waals surface area (Å²) in [7, 11) is 0. The zero-order valence-electron chi connectivity index (χ0n) is 15.4. The zero-order chi connectivity index (χ0) is 17.5. The second-order valence-corrected chi connectivity index (χ2v) is 5.89. The van der Waals surface area contributed by atoms with Crippen molar-refractivity contribution in [3.05, 3.63) is 11.1 Å². The molecule has 0 aromatic carbocycles. The highest BCUT2D eigenvalue weighted by Gasteiger charge is 2.19. The average molecular weight is 326 g/mol. The molecule has 0 fully saturated rings. The van der Waals surface area contributed by atoms with Gasteiger partial charge in [0.05, 0.1) is 13.2 Å². The molecule has 0 atom stereocenters. The van der Waals surface area contributed by atoms with Gasteiger partial charge in [0.2, 0.25) is 0 Å². The van der Waals surface area contributed by atoms with Crippen molar-refractivity contribution in [1.29, 1.82) is 0 Å². The molecule has 0 aliphatic heterocycles. The van der Waals surface area contributed by atoms with Crippen LogP contribution in [0.5, 0.6) is 0 Å². The van der Waals surface area contributed by atoms with Crippen molar-refractivity contribution in [3.8, 4) is 0 Å². The first-order valence-electron chi connectivity index (χ1n) is 9.12. The minimum Gasteiger partial charge on any atom is -0.462 e. The normalized spacial score (nSPS) is 11.8. The maximum Gasteiger partial charge on any atom is 0.334 e. The van der Waals surface area contributed by atoms with Gasteiger partial charge >= 0.3 is 11.9 Å². The fourth-order valence-corrected chi connectivity index (χ4v) is 2.23. The molecular weight excluding hydrogens is 292 g/mol. The molecule has 0 saturated heterocycles. The van der Waals surface area contributed by atoms with Gasteiger partial charge in [0, 0.05) is 11.1 Å². The molecule has 0 rings (SSSR count). The van der Waals surface area contributed by atoms with Crippen LogP contribution in [0.15, 0.2) is 11.1 Å². The first-order chi connectivity index (χ1) is 11.1. The van der Waals surface area contributed by atoms with Gasteiger partial charge in [-0.15, -0.1) is 0 Å². The number of ether oxygens (including phenoxy) is 2. The van der Waals surface area contributed by atoms with Crippen LogP contribution in [0, 0.1) is 0 Å². The quantitative estimate of drug-likeness (QED) is 0.273. The molecule has 0 unspecified atom stereocenters. The molecule has 134 valence electrons. The van der Waals surface area contributed by atoms with E-state index in [2.05, 4.69) is 6.92 Å². The van der Waals surface area contributed by atoms with Gasteiger partial charge in [0.25, 0.3) is 0 Å². The second kappa shape index (κ2) is 14.3. The largest absolute Gasteiger partial charge is 0.462 e. The number of esters is 2. The topological polar surface area (TPSA) is 52.6 Å². The Hall–Kier alpha value is -1.32. The molecule has 0 aromatic rings. The van der Waals surface area contributed by atoms with Crippen LogP contribution >= 0.6 is 0 Å². The lowest BCUT2D eigenvalue weighted by atomic mass is 10.0. The minimum absolute atomic E-state index is 0.369. The first kappa shape index (κ1) is 21.7. The minimum atomic E-state index is -0.402. The van der Waals surface area contributed by atoms with Gasteiger partial charge in [-0.25, -0.2) is 9.59 Å². The van der Waals surface area contributed by atoms with Crippen LogP contribution in [0.4, 0.5) is 0 Å². The third-order valence-electron chi connectivity index (χ3n) is 3.66. The van der Waals surface area contributed by atoms with Gasteiger partial charge in [-0.05, 0) is 32.6 Å². The monoisotopic (exact) mass is 326 g/mol. The molecule has 0 aliphatic rings. The number of carbonyl (C=O) groups is 2. The number of carbonyl (C=O) groups excluding carboxylic acids is 2. The SMILES string of the molecule is CCCCCCCC/C(C(=O)OCCC)=C(\C)C(=O)OCCC. The van der Waals surface area contributed by atoms with Crippen molar-refractivity contribution in [3.63, 3.8) is 0 Å². The summed E-state index contributed by atoms with van der Waals surface area (Å²) in [5.41, 5.74) is 0.878. The van der Waals surface area contributed by atoms with E-state index >= 15 is 0 Å². The van der Waals surface area contributed by atoms with E-state index in [0.29, 0.717) is 30.8 Å². The van der Waals surface area contributed by atoms with Crippen molar-refractivity contribution < 1.29 is 19.1 Å². The molecule has 0 aromatic heterocycles. The Labute approximate surface area is 141 Å². The predicted molar refractivity (Wildman–Crippen MR) is 93.2 cm³/mol. The molecule has 0 saturated carbocycles. The molecule has 0 amide bonds. The van der Waals surface area contributed by atoms with Crippen LogP contribution in [0.2, 0.25) is 0 Å². The van der Waals surface area contributed by atoms with Crippen LogP contribution in [-0.4, -0.2) is 25.2 Å². The fraction of sp³-hybridized carbons (Fsp3) is 0.789. The molecule has 23 heavy (non-hydrogen) atoms. The predicted octanol–water partition coefficient (Wildman–Crippen LogP) is 4.96. The van der Waals surface area contributed by atoms with Crippen LogP contribution in [0.1, 0.15) is 85.5 Å². The zero-order valence-corrected chi connectivity index (χ0v) is 15.4. The summed E-state index contributed by atoms with van der Waals surface area (Å²) in [5, 5.41) is 0. The van der Waals surface area contributed by atoms with Gasteiger partial charge < -0.3 is 9.47 Å². The van der Waals surface area contributed by atoms with Crippen molar-refractivity contribution in [1.82, 2.24) is 0 Å². The van der Waals surface area contributed by atoms with E-state index in [4.69, 9.17) is 9.47 Å². The lowest BCUT2D eigenvalue weighted by Crippen LogP contribution is -2.16. The molecule has 0 heterocycles. The molecular formula is C19H34O4. The number of rotatable bonds is 13. The third kappa shape index (κ3) is 10.1. The second-order valence-electron chi connectivity index (χ2n) is 5.89. The van der Waals surface area contributed by atoms with E-state index in [-0.39, 0.29) is 5.97 Å². The highest BCUT2D eigenvalue weighted by atomic mass is 16.5. The van der Waals surface area contributed by atoms with Crippen molar-refractivity contribution in [2.75, 3.05) is 13.2 Å². The third-order valence-corrected chi connectivity index (χ3v) is 3.66. The van der Waals surface area contributed by atoms with Crippen LogP contribution in [0.25, 0.3) is 0 Å². The summed E-state index contributed by atoms with van der Waals surface area (Å²) in [5.74, 6) is -0.771. The summed E-state index contributed by atoms with van der Waals surface area (Å²) in [6.07, 6.45) is 8.97. The first-order valence-corrected chi connectivity index (χ1v) is 9.12. The lowest BCUT2D eigenvalue weighted by molar-refractivity contribution is -0.142. The van der Waals surface area contributed by atoms with Crippen molar-refractivity contribution in [2.45, 2.75) is 85.5 Å². The Morgan fingerprint density at radius 3 is 1.78 bits per heavy atom. The van der Waals surface area contributed by atoms with Crippen LogP contribution < -0.4 is 0 Å². The molecule has 0 aliphatic carbocycles. The van der Waals surface area contributed by atoms with Gasteiger partial charge in [-0.1, -0.05) is 52.9 Å². The molecule has 4 nitrogen and oxygen atoms in total. The summed E-state index contributed by atoms with van der Waals surface area (Å²) >= 11 is 0. The lowest BCUT2D eigenvalue weighted by Gasteiger charge is -2.12. The average Bonchev–Trinajstić information content (AvgIpc) is 2.56. The van der Waals surface area contributed by atoms with E-state index in [0.717, 1.165) is 25.7 Å². The Balaban J connectivity index is 4.66.